The molecule has 28 heavy (non-hydrogen) atoms. The number of nitro benzene ring substituents is 1. The van der Waals surface area contributed by atoms with E-state index in [0.29, 0.717) is 23.4 Å². The lowest BCUT2D eigenvalue weighted by atomic mass is 10.1. The van der Waals surface area contributed by atoms with Gasteiger partial charge in [0.1, 0.15) is 10.9 Å². The van der Waals surface area contributed by atoms with Crippen molar-refractivity contribution in [2.75, 3.05) is 6.61 Å². The predicted molar refractivity (Wildman–Crippen MR) is 106 cm³/mol. The Hall–Kier alpha value is -3.52. The Labute approximate surface area is 164 Å². The Morgan fingerprint density at radius 3 is 2.71 bits per heavy atom. The number of hydrogen-bond donors (Lipinski definition) is 1. The zero-order chi connectivity index (χ0) is 20.1. The van der Waals surface area contributed by atoms with Gasteiger partial charge < -0.3 is 4.74 Å². The van der Waals surface area contributed by atoms with E-state index in [1.54, 1.807) is 12.1 Å². The van der Waals surface area contributed by atoms with Gasteiger partial charge in [-0.3, -0.25) is 14.9 Å². The van der Waals surface area contributed by atoms with Crippen LogP contribution in [0.5, 0.6) is 5.75 Å². The molecule has 0 aliphatic rings. The summed E-state index contributed by atoms with van der Waals surface area (Å²) in [4.78, 5) is 26.5. The van der Waals surface area contributed by atoms with E-state index >= 15 is 0 Å². The number of carbonyl (C=O) groups excluding carboxylic acids is 1. The van der Waals surface area contributed by atoms with Gasteiger partial charge in [0.05, 0.1) is 23.3 Å². The van der Waals surface area contributed by atoms with Crippen molar-refractivity contribution in [1.82, 2.24) is 10.4 Å². The molecule has 0 fully saturated rings. The highest BCUT2D eigenvalue weighted by atomic mass is 35.5. The minimum Gasteiger partial charge on any atom is -0.494 e. The van der Waals surface area contributed by atoms with Crippen molar-refractivity contribution in [2.45, 2.75) is 6.92 Å². The van der Waals surface area contributed by atoms with Gasteiger partial charge in [-0.25, -0.2) is 10.4 Å². The number of nitrogens with zero attached hydrogens (tertiary/aromatic N) is 3. The monoisotopic (exact) mass is 398 g/mol. The zero-order valence-corrected chi connectivity index (χ0v) is 15.5. The summed E-state index contributed by atoms with van der Waals surface area (Å²) in [5, 5.41) is 15.6. The smallest absolute Gasteiger partial charge is 0.271 e. The van der Waals surface area contributed by atoms with Crippen LogP contribution in [0.3, 0.4) is 0 Å². The molecule has 0 saturated carbocycles. The number of hydrazone groups is 1. The topological polar surface area (TPSA) is 107 Å². The highest BCUT2D eigenvalue weighted by Crippen LogP contribution is 2.23. The number of benzene rings is 2. The van der Waals surface area contributed by atoms with Crippen LogP contribution in [0.1, 0.15) is 22.8 Å². The Balaban J connectivity index is 1.73. The normalized spacial score (nSPS) is 10.9. The number of carbonyl (C=O) groups is 1. The van der Waals surface area contributed by atoms with Crippen LogP contribution in [-0.2, 0) is 0 Å². The number of aromatic nitrogens is 1. The lowest BCUT2D eigenvalue weighted by Crippen LogP contribution is -2.17. The van der Waals surface area contributed by atoms with Crippen LogP contribution < -0.4 is 10.2 Å². The van der Waals surface area contributed by atoms with Gasteiger partial charge in [0, 0.05) is 34.7 Å². The molecule has 8 nitrogen and oxygen atoms in total. The Bertz CT molecular complexity index is 1070. The van der Waals surface area contributed by atoms with Crippen LogP contribution in [-0.4, -0.2) is 28.6 Å². The first-order valence-corrected chi connectivity index (χ1v) is 8.66. The summed E-state index contributed by atoms with van der Waals surface area (Å²) in [6.07, 6.45) is 1.38. The predicted octanol–water partition coefficient (Wildman–Crippen LogP) is 3.96. The molecule has 0 aliphatic carbocycles. The number of rotatable bonds is 6. The summed E-state index contributed by atoms with van der Waals surface area (Å²) < 4.78 is 5.44. The molecule has 1 aromatic heterocycles. The molecular formula is C19H15ClN4O4. The molecule has 0 atom stereocenters. The highest BCUT2D eigenvalue weighted by Gasteiger charge is 2.09. The summed E-state index contributed by atoms with van der Waals surface area (Å²) >= 11 is 6.19. The van der Waals surface area contributed by atoms with Crippen LogP contribution >= 0.6 is 11.6 Å². The zero-order valence-electron chi connectivity index (χ0n) is 14.8. The fourth-order valence-electron chi connectivity index (χ4n) is 2.45. The molecule has 142 valence electrons. The molecule has 1 heterocycles. The van der Waals surface area contributed by atoms with Gasteiger partial charge in [0.2, 0.25) is 0 Å². The molecular weight excluding hydrogens is 384 g/mol. The molecule has 1 N–H and O–H groups in total. The standard InChI is InChI=1S/C19H15ClN4O4/c1-2-28-16-8-5-13-9-14(18(20)22-17(13)10-16)11-21-23-19(25)12-3-6-15(7-4-12)24(26)27/h3-11H,2H2,1H3,(H,23,25)/b21-11-. The Morgan fingerprint density at radius 2 is 2.04 bits per heavy atom. The fourth-order valence-corrected chi connectivity index (χ4v) is 2.64. The van der Waals surface area contributed by atoms with Crippen LogP contribution in [0.15, 0.2) is 53.6 Å². The Kier molecular flexibility index (Phi) is 5.81. The summed E-state index contributed by atoms with van der Waals surface area (Å²) in [7, 11) is 0. The molecule has 0 unspecified atom stereocenters. The van der Waals surface area contributed by atoms with Crippen molar-refractivity contribution < 1.29 is 14.5 Å². The van der Waals surface area contributed by atoms with Crippen LogP contribution in [0.4, 0.5) is 5.69 Å². The Morgan fingerprint density at radius 1 is 1.29 bits per heavy atom. The van der Waals surface area contributed by atoms with E-state index in [1.165, 1.54) is 30.5 Å². The maximum atomic E-state index is 12.1. The first-order valence-electron chi connectivity index (χ1n) is 8.29. The van der Waals surface area contributed by atoms with Gasteiger partial charge in [0.15, 0.2) is 0 Å². The van der Waals surface area contributed by atoms with Gasteiger partial charge in [-0.2, -0.15) is 5.10 Å². The van der Waals surface area contributed by atoms with E-state index in [1.807, 2.05) is 19.1 Å². The minimum atomic E-state index is -0.536. The van der Waals surface area contributed by atoms with Gasteiger partial charge in [-0.1, -0.05) is 11.6 Å². The third kappa shape index (κ3) is 4.41. The second kappa shape index (κ2) is 8.45. The second-order valence-electron chi connectivity index (χ2n) is 5.66. The van der Waals surface area contributed by atoms with Crippen LogP contribution in [0.2, 0.25) is 5.15 Å². The molecule has 0 radical (unpaired) electrons. The summed E-state index contributed by atoms with van der Waals surface area (Å²) in [6, 6.07) is 12.5. The molecule has 0 saturated heterocycles. The number of amides is 1. The number of hydrogen-bond acceptors (Lipinski definition) is 6. The quantitative estimate of drug-likeness (QED) is 0.292. The first-order chi connectivity index (χ1) is 13.5. The van der Waals surface area contributed by atoms with Crippen molar-refractivity contribution in [2.24, 2.45) is 5.10 Å². The van der Waals surface area contributed by atoms with Crippen molar-refractivity contribution in [3.05, 3.63) is 74.9 Å². The fraction of sp³-hybridized carbons (Fsp3) is 0.105. The van der Waals surface area contributed by atoms with Crippen LogP contribution in [0, 0.1) is 10.1 Å². The number of nitrogens with one attached hydrogen (secondary N) is 1. The largest absolute Gasteiger partial charge is 0.494 e. The van der Waals surface area contributed by atoms with E-state index in [-0.39, 0.29) is 16.4 Å². The van der Waals surface area contributed by atoms with Gasteiger partial charge in [-0.15, -0.1) is 0 Å². The van der Waals surface area contributed by atoms with Gasteiger partial charge >= 0.3 is 0 Å². The summed E-state index contributed by atoms with van der Waals surface area (Å²) in [5.74, 6) is 0.202. The average molecular weight is 399 g/mol. The number of nitro groups is 1. The highest BCUT2D eigenvalue weighted by molar-refractivity contribution is 6.32. The summed E-state index contributed by atoms with van der Waals surface area (Å²) in [6.45, 7) is 2.45. The molecule has 1 amide bonds. The molecule has 9 heteroatoms. The van der Waals surface area contributed by atoms with Crippen molar-refractivity contribution in [3.63, 3.8) is 0 Å². The van der Waals surface area contributed by atoms with Gasteiger partial charge in [0.25, 0.3) is 11.6 Å². The lowest BCUT2D eigenvalue weighted by molar-refractivity contribution is -0.384. The SMILES string of the molecule is CCOc1ccc2cc(/C=N\NC(=O)c3ccc([N+](=O)[O-])cc3)c(Cl)nc2c1. The van der Waals surface area contributed by atoms with E-state index in [4.69, 9.17) is 16.3 Å². The van der Waals surface area contributed by atoms with Crippen LogP contribution in [0.25, 0.3) is 10.9 Å². The average Bonchev–Trinajstić information content (AvgIpc) is 2.68. The molecule has 2 aromatic carbocycles. The van der Waals surface area contributed by atoms with Crippen molar-refractivity contribution in [3.8, 4) is 5.75 Å². The van der Waals surface area contributed by atoms with Crippen molar-refractivity contribution in [1.29, 1.82) is 0 Å². The third-order valence-electron chi connectivity index (χ3n) is 3.79. The molecule has 3 aromatic rings. The number of non-ortho nitro benzene ring substituents is 1. The van der Waals surface area contributed by atoms with E-state index in [9.17, 15) is 14.9 Å². The van der Waals surface area contributed by atoms with E-state index in [2.05, 4.69) is 15.5 Å². The number of halogens is 1. The lowest BCUT2D eigenvalue weighted by Gasteiger charge is -2.06. The van der Waals surface area contributed by atoms with E-state index < -0.39 is 10.8 Å². The summed E-state index contributed by atoms with van der Waals surface area (Å²) in [5.41, 5.74) is 3.71. The van der Waals surface area contributed by atoms with E-state index in [0.717, 1.165) is 5.39 Å². The third-order valence-corrected chi connectivity index (χ3v) is 4.09. The first kappa shape index (κ1) is 19.2. The second-order valence-corrected chi connectivity index (χ2v) is 6.02. The van der Waals surface area contributed by atoms with Gasteiger partial charge in [-0.05, 0) is 37.3 Å². The molecule has 3 rings (SSSR count). The minimum absolute atomic E-state index is 0.0958. The molecule has 0 aliphatic heterocycles. The number of ether oxygens (including phenoxy) is 1. The van der Waals surface area contributed by atoms with Crippen molar-refractivity contribution >= 4 is 40.3 Å². The molecule has 0 spiro atoms. The number of pyridine rings is 1. The maximum Gasteiger partial charge on any atom is 0.271 e. The number of fused-ring (bicyclic) bond motifs is 1. The molecule has 0 bridgehead atoms. The maximum absolute atomic E-state index is 12.1.